The van der Waals surface area contributed by atoms with E-state index in [4.69, 9.17) is 5.11 Å². The van der Waals surface area contributed by atoms with Gasteiger partial charge in [0.05, 0.1) is 0 Å². The number of hydrogen-bond donors (Lipinski definition) is 2. The van der Waals surface area contributed by atoms with E-state index in [1.54, 1.807) is 17.8 Å². The van der Waals surface area contributed by atoms with Crippen LogP contribution in [-0.4, -0.2) is 35.0 Å². The van der Waals surface area contributed by atoms with E-state index in [9.17, 15) is 9.59 Å². The number of carboxylic acids is 1. The van der Waals surface area contributed by atoms with Crippen LogP contribution in [-0.2, 0) is 9.59 Å². The maximum atomic E-state index is 11.7. The number of aliphatic carboxylic acids is 1. The molecule has 0 saturated carbocycles. The Kier molecular flexibility index (Phi) is 7.40. The SMILES string of the molecule is CSCC[C@H](NC(=O)/C=C/c1ccc(Br)cc1)C(=O)O. The molecular formula is C14H16BrNO3S. The molecule has 6 heteroatoms. The van der Waals surface area contributed by atoms with E-state index in [2.05, 4.69) is 21.2 Å². The molecule has 0 aliphatic rings. The van der Waals surface area contributed by atoms with E-state index in [1.165, 1.54) is 6.08 Å². The summed E-state index contributed by atoms with van der Waals surface area (Å²) in [5.74, 6) is -0.723. The van der Waals surface area contributed by atoms with Gasteiger partial charge < -0.3 is 10.4 Å². The summed E-state index contributed by atoms with van der Waals surface area (Å²) in [6.07, 6.45) is 5.30. The molecule has 0 heterocycles. The predicted octanol–water partition coefficient (Wildman–Crippen LogP) is 2.78. The highest BCUT2D eigenvalue weighted by atomic mass is 79.9. The number of carboxylic acid groups (broad SMARTS) is 1. The number of hydrogen-bond acceptors (Lipinski definition) is 3. The van der Waals surface area contributed by atoms with Gasteiger partial charge in [-0.1, -0.05) is 28.1 Å². The normalized spacial score (nSPS) is 12.3. The number of carbonyl (C=O) groups is 2. The Labute approximate surface area is 130 Å². The van der Waals surface area contributed by atoms with E-state index in [0.29, 0.717) is 12.2 Å². The van der Waals surface area contributed by atoms with Gasteiger partial charge in [0.2, 0.25) is 5.91 Å². The summed E-state index contributed by atoms with van der Waals surface area (Å²) in [5, 5.41) is 11.5. The van der Waals surface area contributed by atoms with Crippen LogP contribution >= 0.6 is 27.7 Å². The Morgan fingerprint density at radius 1 is 1.40 bits per heavy atom. The highest BCUT2D eigenvalue weighted by molar-refractivity contribution is 9.10. The van der Waals surface area contributed by atoms with E-state index < -0.39 is 17.9 Å². The zero-order chi connectivity index (χ0) is 15.0. The highest BCUT2D eigenvalue weighted by Crippen LogP contribution is 2.11. The van der Waals surface area contributed by atoms with Crippen LogP contribution in [0.5, 0.6) is 0 Å². The Morgan fingerprint density at radius 3 is 2.60 bits per heavy atom. The third-order valence-corrected chi connectivity index (χ3v) is 3.70. The van der Waals surface area contributed by atoms with Crippen LogP contribution in [0.25, 0.3) is 6.08 Å². The van der Waals surface area contributed by atoms with Crippen LogP contribution in [0.15, 0.2) is 34.8 Å². The summed E-state index contributed by atoms with van der Waals surface area (Å²) in [7, 11) is 0. The first-order chi connectivity index (χ1) is 9.52. The van der Waals surface area contributed by atoms with Crippen molar-refractivity contribution in [3.8, 4) is 0 Å². The largest absolute Gasteiger partial charge is 0.480 e. The Bertz CT molecular complexity index is 488. The minimum Gasteiger partial charge on any atom is -0.480 e. The number of benzene rings is 1. The van der Waals surface area contributed by atoms with Gasteiger partial charge in [-0.3, -0.25) is 4.79 Å². The van der Waals surface area contributed by atoms with Gasteiger partial charge in [0.15, 0.2) is 0 Å². The van der Waals surface area contributed by atoms with Crippen molar-refractivity contribution in [3.63, 3.8) is 0 Å². The summed E-state index contributed by atoms with van der Waals surface area (Å²) in [4.78, 5) is 22.7. The van der Waals surface area contributed by atoms with Crippen LogP contribution in [0.3, 0.4) is 0 Å². The van der Waals surface area contributed by atoms with E-state index in [-0.39, 0.29) is 0 Å². The zero-order valence-corrected chi connectivity index (χ0v) is 13.4. The molecule has 0 saturated heterocycles. The molecule has 108 valence electrons. The lowest BCUT2D eigenvalue weighted by Gasteiger charge is -2.12. The molecule has 1 aromatic carbocycles. The number of rotatable bonds is 7. The van der Waals surface area contributed by atoms with Crippen molar-refractivity contribution in [2.24, 2.45) is 0 Å². The van der Waals surface area contributed by atoms with Gasteiger partial charge in [-0.05, 0) is 42.2 Å². The second kappa shape index (κ2) is 8.81. The number of carbonyl (C=O) groups excluding carboxylic acids is 1. The molecule has 1 aromatic rings. The molecule has 0 aliphatic carbocycles. The van der Waals surface area contributed by atoms with Crippen molar-refractivity contribution in [1.29, 1.82) is 0 Å². The second-order valence-corrected chi connectivity index (χ2v) is 5.97. The van der Waals surface area contributed by atoms with Crippen LogP contribution < -0.4 is 5.32 Å². The third-order valence-electron chi connectivity index (χ3n) is 2.52. The van der Waals surface area contributed by atoms with Gasteiger partial charge >= 0.3 is 5.97 Å². The number of nitrogens with one attached hydrogen (secondary N) is 1. The van der Waals surface area contributed by atoms with Crippen molar-refractivity contribution < 1.29 is 14.7 Å². The summed E-state index contributed by atoms with van der Waals surface area (Å²) in [6, 6.07) is 6.61. The molecule has 0 aliphatic heterocycles. The van der Waals surface area contributed by atoms with Gasteiger partial charge in [-0.15, -0.1) is 0 Å². The van der Waals surface area contributed by atoms with E-state index in [1.807, 2.05) is 30.5 Å². The molecule has 1 atom stereocenters. The lowest BCUT2D eigenvalue weighted by molar-refractivity contribution is -0.141. The van der Waals surface area contributed by atoms with Crippen molar-refractivity contribution in [1.82, 2.24) is 5.32 Å². The molecule has 0 fully saturated rings. The molecule has 0 radical (unpaired) electrons. The van der Waals surface area contributed by atoms with Crippen molar-refractivity contribution >= 4 is 45.6 Å². The molecule has 0 spiro atoms. The number of amides is 1. The van der Waals surface area contributed by atoms with Crippen LogP contribution in [0, 0.1) is 0 Å². The second-order valence-electron chi connectivity index (χ2n) is 4.07. The Balaban J connectivity index is 2.56. The first kappa shape index (κ1) is 16.8. The Hall–Kier alpha value is -1.27. The molecule has 0 aromatic heterocycles. The Morgan fingerprint density at radius 2 is 2.05 bits per heavy atom. The fourth-order valence-corrected chi connectivity index (χ4v) is 2.19. The average molecular weight is 358 g/mol. The summed E-state index contributed by atoms with van der Waals surface area (Å²) in [5.41, 5.74) is 0.874. The molecular weight excluding hydrogens is 342 g/mol. The maximum absolute atomic E-state index is 11.7. The molecule has 4 nitrogen and oxygen atoms in total. The van der Waals surface area contributed by atoms with E-state index in [0.717, 1.165) is 10.0 Å². The van der Waals surface area contributed by atoms with Crippen LogP contribution in [0.4, 0.5) is 0 Å². The van der Waals surface area contributed by atoms with Gasteiger partial charge in [0.1, 0.15) is 6.04 Å². The number of halogens is 1. The van der Waals surface area contributed by atoms with Crippen molar-refractivity contribution in [3.05, 3.63) is 40.4 Å². The maximum Gasteiger partial charge on any atom is 0.326 e. The first-order valence-electron chi connectivity index (χ1n) is 5.99. The van der Waals surface area contributed by atoms with Crippen molar-refractivity contribution in [2.45, 2.75) is 12.5 Å². The predicted molar refractivity (Wildman–Crippen MR) is 85.7 cm³/mol. The first-order valence-corrected chi connectivity index (χ1v) is 8.17. The molecule has 1 amide bonds. The van der Waals surface area contributed by atoms with Gasteiger partial charge in [0.25, 0.3) is 0 Å². The summed E-state index contributed by atoms with van der Waals surface area (Å²) >= 11 is 4.88. The van der Waals surface area contributed by atoms with Gasteiger partial charge in [-0.25, -0.2) is 4.79 Å². The molecule has 20 heavy (non-hydrogen) atoms. The standard InChI is InChI=1S/C14H16BrNO3S/c1-20-9-8-12(14(18)19)16-13(17)7-4-10-2-5-11(15)6-3-10/h2-7,12H,8-9H2,1H3,(H,16,17)(H,18,19)/b7-4+/t12-/m0/s1. The minimum atomic E-state index is -1.01. The average Bonchev–Trinajstić information content (AvgIpc) is 2.42. The highest BCUT2D eigenvalue weighted by Gasteiger charge is 2.17. The van der Waals surface area contributed by atoms with Gasteiger partial charge in [0, 0.05) is 10.5 Å². The summed E-state index contributed by atoms with van der Waals surface area (Å²) < 4.78 is 0.960. The quantitative estimate of drug-likeness (QED) is 0.736. The van der Waals surface area contributed by atoms with Crippen LogP contribution in [0.2, 0.25) is 0 Å². The van der Waals surface area contributed by atoms with Crippen LogP contribution in [0.1, 0.15) is 12.0 Å². The fraction of sp³-hybridized carbons (Fsp3) is 0.286. The third kappa shape index (κ3) is 6.25. The molecule has 0 unspecified atom stereocenters. The van der Waals surface area contributed by atoms with Crippen molar-refractivity contribution in [2.75, 3.05) is 12.0 Å². The minimum absolute atomic E-state index is 0.401. The fourth-order valence-electron chi connectivity index (χ4n) is 1.46. The lowest BCUT2D eigenvalue weighted by atomic mass is 10.2. The van der Waals surface area contributed by atoms with E-state index >= 15 is 0 Å². The monoisotopic (exact) mass is 357 g/mol. The smallest absolute Gasteiger partial charge is 0.326 e. The van der Waals surface area contributed by atoms with Gasteiger partial charge in [-0.2, -0.15) is 11.8 Å². The number of thioether (sulfide) groups is 1. The zero-order valence-electron chi connectivity index (χ0n) is 11.0. The molecule has 1 rings (SSSR count). The summed E-state index contributed by atoms with van der Waals surface area (Å²) in [6.45, 7) is 0. The lowest BCUT2D eigenvalue weighted by Crippen LogP contribution is -2.40. The topological polar surface area (TPSA) is 66.4 Å². The molecule has 2 N–H and O–H groups in total. The molecule has 0 bridgehead atoms.